The third kappa shape index (κ3) is 3.12. The highest BCUT2D eigenvalue weighted by Gasteiger charge is 2.12. The van der Waals surface area contributed by atoms with Crippen LogP contribution in [0.25, 0.3) is 10.8 Å². The lowest BCUT2D eigenvalue weighted by molar-refractivity contribution is 0.179. The summed E-state index contributed by atoms with van der Waals surface area (Å²) in [5.41, 5.74) is 0.938. The average Bonchev–Trinajstić information content (AvgIpc) is 2.91. The average molecular weight is 363 g/mol. The minimum Gasteiger partial charge on any atom is -0.497 e. The Morgan fingerprint density at radius 1 is 1.14 bits per heavy atom. The Balaban J connectivity index is 1.88. The molecule has 108 valence electrons. The maximum Gasteiger partial charge on any atom is 0.119 e. The quantitative estimate of drug-likeness (QED) is 0.711. The molecule has 4 heteroatoms. The van der Waals surface area contributed by atoms with Crippen molar-refractivity contribution in [3.63, 3.8) is 0 Å². The van der Waals surface area contributed by atoms with E-state index in [1.165, 1.54) is 0 Å². The van der Waals surface area contributed by atoms with Gasteiger partial charge in [0.1, 0.15) is 5.75 Å². The number of ether oxygens (including phenoxy) is 1. The summed E-state index contributed by atoms with van der Waals surface area (Å²) in [5.74, 6) is 0.846. The Labute approximate surface area is 136 Å². The third-order valence-electron chi connectivity index (χ3n) is 3.53. The van der Waals surface area contributed by atoms with Crippen LogP contribution in [0.1, 0.15) is 16.5 Å². The topological polar surface area (TPSA) is 29.5 Å². The fraction of sp³-hybridized carbons (Fsp3) is 0.176. The second kappa shape index (κ2) is 6.18. The first kappa shape index (κ1) is 14.6. The highest BCUT2D eigenvalue weighted by atomic mass is 79.9. The standard InChI is InChI=1S/C17H15BrO2S/c1-20-14-5-4-11-8-13(3-2-12(11)9-14)16(19)10-17-15(18)6-7-21-17/h2-9,16,19H,10H2,1H3. The molecule has 0 saturated heterocycles. The van der Waals surface area contributed by atoms with Gasteiger partial charge in [-0.2, -0.15) is 0 Å². The molecule has 0 radical (unpaired) electrons. The zero-order chi connectivity index (χ0) is 14.8. The van der Waals surface area contributed by atoms with E-state index in [2.05, 4.69) is 15.9 Å². The molecule has 2 aromatic carbocycles. The van der Waals surface area contributed by atoms with Crippen LogP contribution in [0.2, 0.25) is 0 Å². The van der Waals surface area contributed by atoms with Gasteiger partial charge in [-0.3, -0.25) is 0 Å². The van der Waals surface area contributed by atoms with Crippen LogP contribution in [0.4, 0.5) is 0 Å². The molecular formula is C17H15BrO2S. The number of aliphatic hydroxyl groups is 1. The fourth-order valence-corrected chi connectivity index (χ4v) is 3.89. The summed E-state index contributed by atoms with van der Waals surface area (Å²) in [6.07, 6.45) is 0.131. The first-order valence-electron chi connectivity index (χ1n) is 6.65. The number of hydrogen-bond donors (Lipinski definition) is 1. The molecule has 3 aromatic rings. The van der Waals surface area contributed by atoms with Crippen LogP contribution in [0.15, 0.2) is 52.3 Å². The molecule has 1 aromatic heterocycles. The van der Waals surface area contributed by atoms with Crippen molar-refractivity contribution in [2.45, 2.75) is 12.5 Å². The minimum atomic E-state index is -0.494. The molecule has 3 rings (SSSR count). The van der Waals surface area contributed by atoms with Gasteiger partial charge in [0.05, 0.1) is 13.2 Å². The van der Waals surface area contributed by atoms with Crippen LogP contribution in [-0.2, 0) is 6.42 Å². The van der Waals surface area contributed by atoms with Crippen LogP contribution in [0, 0.1) is 0 Å². The molecule has 2 nitrogen and oxygen atoms in total. The zero-order valence-electron chi connectivity index (χ0n) is 11.5. The van der Waals surface area contributed by atoms with Gasteiger partial charge in [0, 0.05) is 15.8 Å². The smallest absolute Gasteiger partial charge is 0.119 e. The van der Waals surface area contributed by atoms with Crippen molar-refractivity contribution in [2.75, 3.05) is 7.11 Å². The van der Waals surface area contributed by atoms with Gasteiger partial charge < -0.3 is 9.84 Å². The van der Waals surface area contributed by atoms with Crippen molar-refractivity contribution < 1.29 is 9.84 Å². The second-order valence-electron chi connectivity index (χ2n) is 4.88. The number of thiophene rings is 1. The predicted molar refractivity (Wildman–Crippen MR) is 91.2 cm³/mol. The maximum atomic E-state index is 10.4. The molecule has 0 fully saturated rings. The van der Waals surface area contributed by atoms with Gasteiger partial charge in [-0.05, 0) is 61.9 Å². The fourth-order valence-electron chi connectivity index (χ4n) is 2.34. The lowest BCUT2D eigenvalue weighted by Gasteiger charge is -2.12. The summed E-state index contributed by atoms with van der Waals surface area (Å²) >= 11 is 5.17. The molecular weight excluding hydrogens is 348 g/mol. The van der Waals surface area contributed by atoms with E-state index in [9.17, 15) is 5.11 Å². The van der Waals surface area contributed by atoms with Crippen LogP contribution < -0.4 is 4.74 Å². The molecule has 0 aliphatic rings. The molecule has 1 unspecified atom stereocenters. The number of rotatable bonds is 4. The van der Waals surface area contributed by atoms with E-state index in [-0.39, 0.29) is 0 Å². The monoisotopic (exact) mass is 362 g/mol. The molecule has 0 saturated carbocycles. The van der Waals surface area contributed by atoms with Crippen LogP contribution in [0.5, 0.6) is 5.75 Å². The number of hydrogen-bond acceptors (Lipinski definition) is 3. The number of methoxy groups -OCH3 is 1. The first-order chi connectivity index (χ1) is 10.2. The Hall–Kier alpha value is -1.36. The molecule has 0 bridgehead atoms. The Bertz CT molecular complexity index is 766. The lowest BCUT2D eigenvalue weighted by Crippen LogP contribution is -2.00. The largest absolute Gasteiger partial charge is 0.497 e. The molecule has 0 spiro atoms. The van der Waals surface area contributed by atoms with Crippen molar-refractivity contribution in [1.29, 1.82) is 0 Å². The van der Waals surface area contributed by atoms with Gasteiger partial charge in [-0.25, -0.2) is 0 Å². The molecule has 21 heavy (non-hydrogen) atoms. The van der Waals surface area contributed by atoms with E-state index >= 15 is 0 Å². The predicted octanol–water partition coefficient (Wildman–Crippen LogP) is 4.95. The lowest BCUT2D eigenvalue weighted by atomic mass is 10.0. The van der Waals surface area contributed by atoms with Crippen LogP contribution in [0.3, 0.4) is 0 Å². The van der Waals surface area contributed by atoms with Crippen molar-refractivity contribution in [3.05, 3.63) is 62.8 Å². The zero-order valence-corrected chi connectivity index (χ0v) is 13.9. The van der Waals surface area contributed by atoms with Crippen molar-refractivity contribution >= 4 is 38.0 Å². The van der Waals surface area contributed by atoms with E-state index in [0.29, 0.717) is 6.42 Å². The van der Waals surface area contributed by atoms with Gasteiger partial charge in [-0.15, -0.1) is 11.3 Å². The van der Waals surface area contributed by atoms with Gasteiger partial charge in [0.15, 0.2) is 0 Å². The van der Waals surface area contributed by atoms with E-state index in [0.717, 1.165) is 31.4 Å². The number of benzene rings is 2. The third-order valence-corrected chi connectivity index (χ3v) is 5.47. The van der Waals surface area contributed by atoms with Gasteiger partial charge in [0.25, 0.3) is 0 Å². The summed E-state index contributed by atoms with van der Waals surface area (Å²) in [4.78, 5) is 1.16. The van der Waals surface area contributed by atoms with Crippen molar-refractivity contribution in [2.24, 2.45) is 0 Å². The maximum absolute atomic E-state index is 10.4. The first-order valence-corrected chi connectivity index (χ1v) is 8.32. The van der Waals surface area contributed by atoms with E-state index in [4.69, 9.17) is 4.74 Å². The summed E-state index contributed by atoms with van der Waals surface area (Å²) in [6.45, 7) is 0. The summed E-state index contributed by atoms with van der Waals surface area (Å²) in [7, 11) is 1.66. The Morgan fingerprint density at radius 2 is 1.90 bits per heavy atom. The Morgan fingerprint density at radius 3 is 2.62 bits per heavy atom. The highest BCUT2D eigenvalue weighted by Crippen LogP contribution is 2.30. The summed E-state index contributed by atoms with van der Waals surface area (Å²) in [6, 6.07) is 14.0. The summed E-state index contributed by atoms with van der Waals surface area (Å²) < 4.78 is 6.30. The van der Waals surface area contributed by atoms with Gasteiger partial charge >= 0.3 is 0 Å². The molecule has 0 aliphatic heterocycles. The second-order valence-corrected chi connectivity index (χ2v) is 6.74. The van der Waals surface area contributed by atoms with Crippen molar-refractivity contribution in [1.82, 2.24) is 0 Å². The van der Waals surface area contributed by atoms with E-state index in [1.54, 1.807) is 18.4 Å². The van der Waals surface area contributed by atoms with Gasteiger partial charge in [0.2, 0.25) is 0 Å². The van der Waals surface area contributed by atoms with Gasteiger partial charge in [-0.1, -0.05) is 18.2 Å². The van der Waals surface area contributed by atoms with Crippen molar-refractivity contribution in [3.8, 4) is 5.75 Å². The molecule has 1 heterocycles. The molecule has 1 atom stereocenters. The highest BCUT2D eigenvalue weighted by molar-refractivity contribution is 9.10. The molecule has 0 amide bonds. The minimum absolute atomic E-state index is 0.494. The van der Waals surface area contributed by atoms with E-state index in [1.807, 2.05) is 47.8 Å². The summed E-state index contributed by atoms with van der Waals surface area (Å²) in [5, 5.41) is 14.7. The molecule has 1 N–H and O–H groups in total. The Kier molecular flexibility index (Phi) is 4.29. The normalized spacial score (nSPS) is 12.5. The van der Waals surface area contributed by atoms with Crippen LogP contribution in [-0.4, -0.2) is 12.2 Å². The number of halogens is 1. The SMILES string of the molecule is COc1ccc2cc(C(O)Cc3sccc3Br)ccc2c1. The van der Waals surface area contributed by atoms with Crippen LogP contribution >= 0.6 is 27.3 Å². The number of aliphatic hydroxyl groups excluding tert-OH is 1. The number of fused-ring (bicyclic) bond motifs is 1. The van der Waals surface area contributed by atoms with E-state index < -0.39 is 6.10 Å². The molecule has 0 aliphatic carbocycles.